The van der Waals surface area contributed by atoms with Gasteiger partial charge in [-0.15, -0.1) is 12.4 Å². The minimum Gasteiger partial charge on any atom is -0.349 e. The largest absolute Gasteiger partial charge is 0.416 e. The van der Waals surface area contributed by atoms with E-state index in [1.165, 1.54) is 31.2 Å². The lowest BCUT2D eigenvalue weighted by Gasteiger charge is -2.34. The van der Waals surface area contributed by atoms with Crippen molar-refractivity contribution in [3.63, 3.8) is 0 Å². The molecule has 0 bridgehead atoms. The van der Waals surface area contributed by atoms with Gasteiger partial charge in [-0.1, -0.05) is 12.1 Å². The number of nitrogens with one attached hydrogen (secondary N) is 1. The lowest BCUT2D eigenvalue weighted by molar-refractivity contribution is -0.200. The first-order valence-electron chi connectivity index (χ1n) is 9.00. The Bertz CT molecular complexity index is 839. The van der Waals surface area contributed by atoms with Gasteiger partial charge in [-0.05, 0) is 48.4 Å². The van der Waals surface area contributed by atoms with Crippen LogP contribution in [0.5, 0.6) is 0 Å². The van der Waals surface area contributed by atoms with Gasteiger partial charge in [0.2, 0.25) is 0 Å². The minimum absolute atomic E-state index is 0. The van der Waals surface area contributed by atoms with E-state index < -0.39 is 47.7 Å². The molecule has 1 N–H and O–H groups in total. The molecule has 0 aromatic heterocycles. The molecule has 0 amide bonds. The number of rotatable bonds is 4. The zero-order chi connectivity index (χ0) is 22.1. The van der Waals surface area contributed by atoms with Gasteiger partial charge in [0.1, 0.15) is 5.82 Å². The normalized spacial score (nSPS) is 20.8. The van der Waals surface area contributed by atoms with Crippen molar-refractivity contribution in [1.29, 1.82) is 0 Å². The van der Waals surface area contributed by atoms with Gasteiger partial charge in [-0.2, -0.15) is 26.3 Å². The fraction of sp³-hybridized carbons (Fsp3) is 0.400. The van der Waals surface area contributed by atoms with E-state index in [0.29, 0.717) is 24.2 Å². The summed E-state index contributed by atoms with van der Waals surface area (Å²) in [6.07, 6.45) is -12.0. The number of morpholine rings is 1. The number of halogens is 8. The standard InChI is InChI=1S/C20H18F7NO2.ClH/c1-11(13-8-14(19(22,23)24)10-15(9-13)20(25,26)27)30-18-17(28-6-7-29-18)12-2-4-16(21)5-3-12;/h2-5,8-11,17-18,28H,6-7H2,1H3;1H/t11-,17+,18-;/m1./s1. The zero-order valence-electron chi connectivity index (χ0n) is 16.1. The highest BCUT2D eigenvalue weighted by atomic mass is 35.5. The summed E-state index contributed by atoms with van der Waals surface area (Å²) in [6, 6.07) is 6.20. The number of hydrogen-bond donors (Lipinski definition) is 1. The molecular formula is C20H19ClF7NO2. The first-order valence-corrected chi connectivity index (χ1v) is 9.00. The van der Waals surface area contributed by atoms with Crippen molar-refractivity contribution in [2.75, 3.05) is 13.2 Å². The quantitative estimate of drug-likeness (QED) is 0.548. The Labute approximate surface area is 179 Å². The van der Waals surface area contributed by atoms with Crippen LogP contribution in [-0.4, -0.2) is 19.4 Å². The average Bonchev–Trinajstić information content (AvgIpc) is 2.67. The summed E-state index contributed by atoms with van der Waals surface area (Å²) in [7, 11) is 0. The van der Waals surface area contributed by atoms with Crippen molar-refractivity contribution in [3.05, 3.63) is 70.5 Å². The lowest BCUT2D eigenvalue weighted by atomic mass is 10.0. The SMILES string of the molecule is C[C@@H](O[C@H]1OCCN[C@H]1c1ccc(F)cc1)c1cc(C(F)(F)F)cc(C(F)(F)F)c1.Cl. The highest BCUT2D eigenvalue weighted by Gasteiger charge is 2.38. The van der Waals surface area contributed by atoms with Crippen LogP contribution >= 0.6 is 12.4 Å². The van der Waals surface area contributed by atoms with Gasteiger partial charge in [-0.25, -0.2) is 4.39 Å². The van der Waals surface area contributed by atoms with Crippen LogP contribution in [0.4, 0.5) is 30.7 Å². The van der Waals surface area contributed by atoms with Gasteiger partial charge in [0, 0.05) is 6.54 Å². The molecule has 1 heterocycles. The number of alkyl halides is 6. The Morgan fingerprint density at radius 2 is 1.52 bits per heavy atom. The first kappa shape index (κ1) is 25.4. The predicted octanol–water partition coefficient (Wildman–Crippen LogP) is 6.05. The number of hydrogen-bond acceptors (Lipinski definition) is 3. The van der Waals surface area contributed by atoms with Crippen LogP contribution in [0, 0.1) is 5.82 Å². The average molecular weight is 474 g/mol. The second kappa shape index (κ2) is 9.72. The molecule has 3 atom stereocenters. The van der Waals surface area contributed by atoms with Gasteiger partial charge in [0.25, 0.3) is 0 Å². The molecule has 0 spiro atoms. The van der Waals surface area contributed by atoms with Gasteiger partial charge in [-0.3, -0.25) is 0 Å². The fourth-order valence-electron chi connectivity index (χ4n) is 3.14. The Balaban J connectivity index is 0.00000341. The summed E-state index contributed by atoms with van der Waals surface area (Å²) in [6.45, 7) is 2.01. The maximum absolute atomic E-state index is 13.2. The molecule has 2 aromatic rings. The van der Waals surface area contributed by atoms with Crippen LogP contribution in [0.1, 0.15) is 41.3 Å². The summed E-state index contributed by atoms with van der Waals surface area (Å²) in [4.78, 5) is 0. The van der Waals surface area contributed by atoms with E-state index in [-0.39, 0.29) is 30.6 Å². The van der Waals surface area contributed by atoms with Crippen molar-refractivity contribution < 1.29 is 40.2 Å². The summed E-state index contributed by atoms with van der Waals surface area (Å²) in [5, 5.41) is 3.10. The predicted molar refractivity (Wildman–Crippen MR) is 100 cm³/mol. The van der Waals surface area contributed by atoms with Crippen molar-refractivity contribution in [3.8, 4) is 0 Å². The Morgan fingerprint density at radius 1 is 0.968 bits per heavy atom. The third-order valence-electron chi connectivity index (χ3n) is 4.67. The molecule has 0 unspecified atom stereocenters. The van der Waals surface area contributed by atoms with E-state index in [1.54, 1.807) is 0 Å². The van der Waals surface area contributed by atoms with Crippen molar-refractivity contribution in [2.24, 2.45) is 0 Å². The topological polar surface area (TPSA) is 30.5 Å². The van der Waals surface area contributed by atoms with E-state index in [2.05, 4.69) is 5.32 Å². The number of benzene rings is 2. The second-order valence-corrected chi connectivity index (χ2v) is 6.84. The number of ether oxygens (including phenoxy) is 2. The van der Waals surface area contributed by atoms with Gasteiger partial charge in [0.05, 0.1) is 29.9 Å². The second-order valence-electron chi connectivity index (χ2n) is 6.84. The van der Waals surface area contributed by atoms with Crippen LogP contribution in [0.3, 0.4) is 0 Å². The van der Waals surface area contributed by atoms with E-state index in [0.717, 1.165) is 0 Å². The maximum atomic E-state index is 13.2. The van der Waals surface area contributed by atoms with Gasteiger partial charge >= 0.3 is 12.4 Å². The summed E-state index contributed by atoms with van der Waals surface area (Å²) < 4.78 is 103. The molecule has 1 saturated heterocycles. The molecule has 0 saturated carbocycles. The smallest absolute Gasteiger partial charge is 0.349 e. The third-order valence-corrected chi connectivity index (χ3v) is 4.67. The van der Waals surface area contributed by atoms with Crippen molar-refractivity contribution >= 4 is 12.4 Å². The van der Waals surface area contributed by atoms with Crippen LogP contribution in [-0.2, 0) is 21.8 Å². The molecule has 31 heavy (non-hydrogen) atoms. The van der Waals surface area contributed by atoms with Gasteiger partial charge < -0.3 is 14.8 Å². The lowest BCUT2D eigenvalue weighted by Crippen LogP contribution is -2.43. The molecule has 1 aliphatic heterocycles. The van der Waals surface area contributed by atoms with E-state index in [1.807, 2.05) is 0 Å². The van der Waals surface area contributed by atoms with Crippen LogP contribution < -0.4 is 5.32 Å². The maximum Gasteiger partial charge on any atom is 0.416 e. The Morgan fingerprint density at radius 3 is 2.03 bits per heavy atom. The van der Waals surface area contributed by atoms with Crippen molar-refractivity contribution in [1.82, 2.24) is 5.32 Å². The Hall–Kier alpha value is -1.88. The molecule has 2 aromatic carbocycles. The molecule has 11 heteroatoms. The first-order chi connectivity index (χ1) is 13.9. The Kier molecular flexibility index (Phi) is 7.96. The zero-order valence-corrected chi connectivity index (χ0v) is 16.9. The van der Waals surface area contributed by atoms with Crippen LogP contribution in [0.2, 0.25) is 0 Å². The third kappa shape index (κ3) is 6.31. The van der Waals surface area contributed by atoms with Crippen LogP contribution in [0.15, 0.2) is 42.5 Å². The summed E-state index contributed by atoms with van der Waals surface area (Å²) in [5.41, 5.74) is -2.52. The molecule has 0 aliphatic carbocycles. The highest BCUT2D eigenvalue weighted by molar-refractivity contribution is 5.85. The molecule has 1 aliphatic rings. The van der Waals surface area contributed by atoms with E-state index in [4.69, 9.17) is 9.47 Å². The molecule has 3 rings (SSSR count). The highest BCUT2D eigenvalue weighted by Crippen LogP contribution is 2.38. The molecule has 0 radical (unpaired) electrons. The minimum atomic E-state index is -4.95. The molecule has 172 valence electrons. The summed E-state index contributed by atoms with van der Waals surface area (Å²) in [5.74, 6) is -0.454. The summed E-state index contributed by atoms with van der Waals surface area (Å²) >= 11 is 0. The van der Waals surface area contributed by atoms with Crippen LogP contribution in [0.25, 0.3) is 0 Å². The van der Waals surface area contributed by atoms with Crippen molar-refractivity contribution in [2.45, 2.75) is 37.7 Å². The molecule has 3 nitrogen and oxygen atoms in total. The monoisotopic (exact) mass is 473 g/mol. The fourth-order valence-corrected chi connectivity index (χ4v) is 3.14. The van der Waals surface area contributed by atoms with Gasteiger partial charge in [0.15, 0.2) is 6.29 Å². The molecule has 1 fully saturated rings. The van der Waals surface area contributed by atoms with E-state index in [9.17, 15) is 30.7 Å². The van der Waals surface area contributed by atoms with E-state index >= 15 is 0 Å². The molecular weight excluding hydrogens is 455 g/mol.